The first kappa shape index (κ1) is 12.3. The van der Waals surface area contributed by atoms with Crippen LogP contribution in [0.25, 0.3) is 0 Å². The number of carbonyl (C=O) groups is 1. The highest BCUT2D eigenvalue weighted by molar-refractivity contribution is 5.75. The van der Waals surface area contributed by atoms with Crippen LogP contribution in [0.15, 0.2) is 0 Å². The lowest BCUT2D eigenvalue weighted by molar-refractivity contribution is -0.189. The molecule has 2 atom stereocenters. The molecule has 5 heteroatoms. The molecule has 88 valence electrons. The van der Waals surface area contributed by atoms with Crippen LogP contribution in [-0.2, 0) is 4.79 Å². The van der Waals surface area contributed by atoms with Crippen molar-refractivity contribution in [2.75, 3.05) is 0 Å². The summed E-state index contributed by atoms with van der Waals surface area (Å²) in [6.45, 7) is 1.64. The second-order valence-corrected chi connectivity index (χ2v) is 3.96. The number of hydrogen-bond donors (Lipinski definition) is 1. The van der Waals surface area contributed by atoms with Crippen molar-refractivity contribution in [3.05, 3.63) is 0 Å². The molecule has 0 radical (unpaired) electrons. The average molecular weight is 223 g/mol. The third-order valence-electron chi connectivity index (χ3n) is 2.85. The van der Waals surface area contributed by atoms with E-state index in [0.29, 0.717) is 12.8 Å². The summed E-state index contributed by atoms with van der Waals surface area (Å²) in [7, 11) is 0. The molecule has 1 saturated carbocycles. The number of carbonyl (C=O) groups excluding carboxylic acids is 1. The second kappa shape index (κ2) is 4.86. The van der Waals surface area contributed by atoms with E-state index < -0.39 is 18.1 Å². The van der Waals surface area contributed by atoms with Crippen LogP contribution < -0.4 is 5.32 Å². The van der Waals surface area contributed by atoms with Gasteiger partial charge >= 0.3 is 6.18 Å². The summed E-state index contributed by atoms with van der Waals surface area (Å²) in [5.41, 5.74) is 0. The Kier molecular flexibility index (Phi) is 3.99. The van der Waals surface area contributed by atoms with Gasteiger partial charge in [-0.25, -0.2) is 0 Å². The van der Waals surface area contributed by atoms with E-state index in [1.807, 2.05) is 0 Å². The molecule has 1 aliphatic carbocycles. The highest BCUT2D eigenvalue weighted by Gasteiger charge is 2.45. The zero-order chi connectivity index (χ0) is 11.5. The maximum absolute atomic E-state index is 12.6. The van der Waals surface area contributed by atoms with Gasteiger partial charge in [-0.2, -0.15) is 13.2 Å². The van der Waals surface area contributed by atoms with Crippen LogP contribution in [-0.4, -0.2) is 18.1 Å². The van der Waals surface area contributed by atoms with E-state index >= 15 is 0 Å². The fourth-order valence-corrected chi connectivity index (χ4v) is 2.00. The van der Waals surface area contributed by atoms with Crippen LogP contribution in [0.2, 0.25) is 0 Å². The van der Waals surface area contributed by atoms with Crippen LogP contribution in [0.5, 0.6) is 0 Å². The first-order valence-corrected chi connectivity index (χ1v) is 5.31. The maximum Gasteiger partial charge on any atom is 0.393 e. The van der Waals surface area contributed by atoms with E-state index in [2.05, 4.69) is 5.32 Å². The van der Waals surface area contributed by atoms with E-state index in [1.165, 1.54) is 0 Å². The van der Waals surface area contributed by atoms with Gasteiger partial charge in [0.05, 0.1) is 5.92 Å². The molecule has 0 aromatic heterocycles. The molecule has 1 fully saturated rings. The van der Waals surface area contributed by atoms with Crippen molar-refractivity contribution >= 4 is 5.91 Å². The van der Waals surface area contributed by atoms with Gasteiger partial charge in [-0.3, -0.25) is 4.79 Å². The Morgan fingerprint density at radius 1 is 1.33 bits per heavy atom. The van der Waals surface area contributed by atoms with Crippen molar-refractivity contribution in [1.82, 2.24) is 5.32 Å². The Bertz CT molecular complexity index is 227. The number of alkyl halides is 3. The summed E-state index contributed by atoms with van der Waals surface area (Å²) in [5, 5.41) is 2.47. The van der Waals surface area contributed by atoms with Gasteiger partial charge in [-0.15, -0.1) is 0 Å². The minimum Gasteiger partial charge on any atom is -0.353 e. The molecule has 0 bridgehead atoms. The highest BCUT2D eigenvalue weighted by atomic mass is 19.4. The van der Waals surface area contributed by atoms with E-state index in [0.717, 1.165) is 6.42 Å². The fraction of sp³-hybridized carbons (Fsp3) is 0.900. The summed E-state index contributed by atoms with van der Waals surface area (Å²) in [6, 6.07) is -0.716. The molecule has 1 N–H and O–H groups in total. The molecule has 0 aliphatic heterocycles. The van der Waals surface area contributed by atoms with E-state index in [9.17, 15) is 18.0 Å². The van der Waals surface area contributed by atoms with Crippen LogP contribution in [0, 0.1) is 5.92 Å². The number of halogens is 3. The lowest BCUT2D eigenvalue weighted by atomic mass is 9.84. The monoisotopic (exact) mass is 223 g/mol. The average Bonchev–Trinajstić information content (AvgIpc) is 2.17. The quantitative estimate of drug-likeness (QED) is 0.766. The Balaban J connectivity index is 2.62. The van der Waals surface area contributed by atoms with Gasteiger partial charge in [-0.05, 0) is 12.8 Å². The molecular formula is C10H16F3NO. The number of hydrogen-bond acceptors (Lipinski definition) is 1. The van der Waals surface area contributed by atoms with Crippen molar-refractivity contribution < 1.29 is 18.0 Å². The van der Waals surface area contributed by atoms with Crippen molar-refractivity contribution in [2.45, 2.75) is 51.2 Å². The standard InChI is InChI=1S/C10H16F3NO/c1-2-9(15)14-8-6-4-3-5-7(8)10(11,12)13/h7-8H,2-6H2,1H3,(H,14,15)/t7-,8+/m0/s1. The van der Waals surface area contributed by atoms with Gasteiger partial charge in [0.2, 0.25) is 5.91 Å². The van der Waals surface area contributed by atoms with Gasteiger partial charge in [0, 0.05) is 12.5 Å². The lowest BCUT2D eigenvalue weighted by Crippen LogP contribution is -2.47. The molecule has 1 aliphatic rings. The Morgan fingerprint density at radius 3 is 2.47 bits per heavy atom. The van der Waals surface area contributed by atoms with E-state index in [-0.39, 0.29) is 18.7 Å². The molecule has 0 saturated heterocycles. The molecular weight excluding hydrogens is 207 g/mol. The highest BCUT2D eigenvalue weighted by Crippen LogP contribution is 2.37. The molecule has 1 amide bonds. The molecule has 0 unspecified atom stereocenters. The largest absolute Gasteiger partial charge is 0.393 e. The molecule has 1 rings (SSSR count). The maximum atomic E-state index is 12.6. The first-order valence-electron chi connectivity index (χ1n) is 5.31. The molecule has 0 spiro atoms. The Morgan fingerprint density at radius 2 is 1.93 bits per heavy atom. The first-order chi connectivity index (χ1) is 6.95. The topological polar surface area (TPSA) is 29.1 Å². The normalized spacial score (nSPS) is 27.5. The van der Waals surface area contributed by atoms with Crippen molar-refractivity contribution in [3.63, 3.8) is 0 Å². The van der Waals surface area contributed by atoms with E-state index in [1.54, 1.807) is 6.92 Å². The summed E-state index contributed by atoms with van der Waals surface area (Å²) >= 11 is 0. The smallest absolute Gasteiger partial charge is 0.353 e. The third kappa shape index (κ3) is 3.39. The van der Waals surface area contributed by atoms with Gasteiger partial charge in [0.15, 0.2) is 0 Å². The zero-order valence-corrected chi connectivity index (χ0v) is 8.73. The third-order valence-corrected chi connectivity index (χ3v) is 2.85. The predicted molar refractivity (Wildman–Crippen MR) is 50.2 cm³/mol. The summed E-state index contributed by atoms with van der Waals surface area (Å²) < 4.78 is 37.8. The lowest BCUT2D eigenvalue weighted by Gasteiger charge is -2.33. The second-order valence-electron chi connectivity index (χ2n) is 3.96. The van der Waals surface area contributed by atoms with Crippen molar-refractivity contribution in [2.24, 2.45) is 5.92 Å². The van der Waals surface area contributed by atoms with E-state index in [4.69, 9.17) is 0 Å². The number of nitrogens with one attached hydrogen (secondary N) is 1. The summed E-state index contributed by atoms with van der Waals surface area (Å²) in [6.07, 6.45) is -2.01. The Hall–Kier alpha value is -0.740. The van der Waals surface area contributed by atoms with Crippen LogP contribution in [0.1, 0.15) is 39.0 Å². The van der Waals surface area contributed by atoms with Gasteiger partial charge in [0.25, 0.3) is 0 Å². The molecule has 0 heterocycles. The fourth-order valence-electron chi connectivity index (χ4n) is 2.00. The molecule has 0 aromatic rings. The molecule has 0 aromatic carbocycles. The van der Waals surface area contributed by atoms with Gasteiger partial charge in [-0.1, -0.05) is 19.8 Å². The van der Waals surface area contributed by atoms with Crippen LogP contribution >= 0.6 is 0 Å². The zero-order valence-electron chi connectivity index (χ0n) is 8.73. The summed E-state index contributed by atoms with van der Waals surface area (Å²) in [5.74, 6) is -1.65. The molecule has 2 nitrogen and oxygen atoms in total. The Labute approximate surface area is 87.2 Å². The minimum absolute atomic E-state index is 0.137. The van der Waals surface area contributed by atoms with Crippen molar-refractivity contribution in [1.29, 1.82) is 0 Å². The SMILES string of the molecule is CCC(=O)N[C@@H]1CCCC[C@@H]1C(F)(F)F. The van der Waals surface area contributed by atoms with Gasteiger partial charge in [0.1, 0.15) is 0 Å². The van der Waals surface area contributed by atoms with Crippen LogP contribution in [0.4, 0.5) is 13.2 Å². The predicted octanol–water partition coefficient (Wildman–Crippen LogP) is 2.63. The number of amides is 1. The van der Waals surface area contributed by atoms with Crippen molar-refractivity contribution in [3.8, 4) is 0 Å². The number of rotatable bonds is 2. The van der Waals surface area contributed by atoms with Gasteiger partial charge < -0.3 is 5.32 Å². The minimum atomic E-state index is -4.19. The van der Waals surface area contributed by atoms with Crippen LogP contribution in [0.3, 0.4) is 0 Å². The molecule has 15 heavy (non-hydrogen) atoms. The summed E-state index contributed by atoms with van der Waals surface area (Å²) in [4.78, 5) is 11.1.